The molecule has 0 bridgehead atoms. The molecule has 0 aliphatic rings. The molecule has 2 rings (SSSR count). The van der Waals surface area contributed by atoms with Crippen LogP contribution in [-0.4, -0.2) is 12.1 Å². The lowest BCUT2D eigenvalue weighted by Crippen LogP contribution is -1.95. The summed E-state index contributed by atoms with van der Waals surface area (Å²) in [6.07, 6.45) is 1.54. The minimum absolute atomic E-state index is 0.426. The van der Waals surface area contributed by atoms with Crippen LogP contribution < -0.4 is 15.2 Å². The predicted octanol–water partition coefficient (Wildman–Crippen LogP) is 2.64. The molecule has 5 heteroatoms. The highest BCUT2D eigenvalue weighted by molar-refractivity contribution is 5.50. The van der Waals surface area contributed by atoms with Crippen molar-refractivity contribution in [2.24, 2.45) is 0 Å². The maximum atomic E-state index is 8.83. The summed E-state index contributed by atoms with van der Waals surface area (Å²) in [7, 11) is 1.52. The van der Waals surface area contributed by atoms with Gasteiger partial charge in [0.25, 0.3) is 0 Å². The van der Waals surface area contributed by atoms with Gasteiger partial charge < -0.3 is 15.2 Å². The van der Waals surface area contributed by atoms with Crippen molar-refractivity contribution in [3.05, 3.63) is 41.6 Å². The smallest absolute Gasteiger partial charge is 0.219 e. The summed E-state index contributed by atoms with van der Waals surface area (Å²) >= 11 is 0. The lowest BCUT2D eigenvalue weighted by molar-refractivity contribution is 0.374. The number of pyridine rings is 1. The third-order valence-electron chi connectivity index (χ3n) is 2.63. The van der Waals surface area contributed by atoms with Crippen LogP contribution in [-0.2, 0) is 0 Å². The number of ether oxygens (including phenoxy) is 2. The number of aryl methyl sites for hydroxylation is 1. The Morgan fingerprint density at radius 1 is 1.26 bits per heavy atom. The zero-order valence-corrected chi connectivity index (χ0v) is 10.7. The van der Waals surface area contributed by atoms with Gasteiger partial charge in [-0.2, -0.15) is 5.26 Å². The Hall–Kier alpha value is -2.74. The molecule has 1 aromatic carbocycles. The maximum Gasteiger partial charge on any atom is 0.219 e. The number of nitrogens with two attached hydrogens (primary N) is 1. The summed E-state index contributed by atoms with van der Waals surface area (Å²) in [5, 5.41) is 8.83. The lowest BCUT2D eigenvalue weighted by Gasteiger charge is -2.10. The number of anilines is 1. The number of rotatable bonds is 3. The number of nitrogens with zero attached hydrogens (tertiary/aromatic N) is 2. The Balaban J connectivity index is 2.32. The number of hydrogen-bond donors (Lipinski definition) is 1. The van der Waals surface area contributed by atoms with E-state index < -0.39 is 0 Å². The summed E-state index contributed by atoms with van der Waals surface area (Å²) < 4.78 is 10.8. The van der Waals surface area contributed by atoms with Crippen molar-refractivity contribution in [2.45, 2.75) is 6.92 Å². The fraction of sp³-hybridized carbons (Fsp3) is 0.143. The van der Waals surface area contributed by atoms with Crippen molar-refractivity contribution in [3.63, 3.8) is 0 Å². The minimum atomic E-state index is 0.426. The molecule has 0 radical (unpaired) electrons. The van der Waals surface area contributed by atoms with Gasteiger partial charge in [-0.25, -0.2) is 4.98 Å². The van der Waals surface area contributed by atoms with Crippen molar-refractivity contribution in [1.82, 2.24) is 4.98 Å². The SMILES string of the molecule is COc1cc(C#N)ccc1Oc1cc(C)c(N)cn1. The minimum Gasteiger partial charge on any atom is -0.493 e. The van der Waals surface area contributed by atoms with Crippen LogP contribution in [0, 0.1) is 18.3 Å². The molecule has 2 aromatic rings. The molecule has 0 unspecified atom stereocenters. The average molecular weight is 255 g/mol. The van der Waals surface area contributed by atoms with Crippen molar-refractivity contribution in [2.75, 3.05) is 12.8 Å². The van der Waals surface area contributed by atoms with Crippen molar-refractivity contribution in [3.8, 4) is 23.4 Å². The molecule has 96 valence electrons. The molecular weight excluding hydrogens is 242 g/mol. The Morgan fingerprint density at radius 3 is 2.68 bits per heavy atom. The molecule has 0 aliphatic carbocycles. The van der Waals surface area contributed by atoms with Crippen LogP contribution in [0.3, 0.4) is 0 Å². The van der Waals surface area contributed by atoms with Gasteiger partial charge in [0.05, 0.1) is 30.6 Å². The highest BCUT2D eigenvalue weighted by atomic mass is 16.5. The van der Waals surface area contributed by atoms with Crippen LogP contribution in [0.25, 0.3) is 0 Å². The van der Waals surface area contributed by atoms with Gasteiger partial charge in [-0.05, 0) is 24.6 Å². The van der Waals surface area contributed by atoms with E-state index >= 15 is 0 Å². The standard InChI is InChI=1S/C14H13N3O2/c1-9-5-14(17-8-11(9)16)19-12-4-3-10(7-15)6-13(12)18-2/h3-6,8H,16H2,1-2H3. The number of methoxy groups -OCH3 is 1. The molecule has 5 nitrogen and oxygen atoms in total. The second-order valence-electron chi connectivity index (χ2n) is 3.96. The molecule has 0 fully saturated rings. The van der Waals surface area contributed by atoms with Gasteiger partial charge in [-0.15, -0.1) is 0 Å². The highest BCUT2D eigenvalue weighted by Gasteiger charge is 2.08. The van der Waals surface area contributed by atoms with E-state index in [9.17, 15) is 0 Å². The Morgan fingerprint density at radius 2 is 2.05 bits per heavy atom. The van der Waals surface area contributed by atoms with Crippen LogP contribution in [0.1, 0.15) is 11.1 Å². The van der Waals surface area contributed by atoms with Gasteiger partial charge in [-0.1, -0.05) is 0 Å². The molecule has 0 saturated carbocycles. The van der Waals surface area contributed by atoms with Gasteiger partial charge in [0, 0.05) is 12.1 Å². The van der Waals surface area contributed by atoms with Gasteiger partial charge in [-0.3, -0.25) is 0 Å². The normalized spacial score (nSPS) is 9.74. The average Bonchev–Trinajstić information content (AvgIpc) is 2.43. The summed E-state index contributed by atoms with van der Waals surface area (Å²) in [6, 6.07) is 8.72. The van der Waals surface area contributed by atoms with Gasteiger partial charge in [0.15, 0.2) is 11.5 Å². The molecule has 19 heavy (non-hydrogen) atoms. The lowest BCUT2D eigenvalue weighted by atomic mass is 10.2. The number of nitrogen functional groups attached to an aromatic ring is 1. The highest BCUT2D eigenvalue weighted by Crippen LogP contribution is 2.32. The zero-order valence-electron chi connectivity index (χ0n) is 10.7. The van der Waals surface area contributed by atoms with Gasteiger partial charge >= 0.3 is 0 Å². The fourth-order valence-corrected chi connectivity index (χ4v) is 1.53. The van der Waals surface area contributed by atoms with Crippen molar-refractivity contribution in [1.29, 1.82) is 5.26 Å². The number of benzene rings is 1. The van der Waals surface area contributed by atoms with Crippen LogP contribution in [0.15, 0.2) is 30.5 Å². The zero-order chi connectivity index (χ0) is 13.8. The summed E-state index contributed by atoms with van der Waals surface area (Å²) in [4.78, 5) is 4.08. The maximum absolute atomic E-state index is 8.83. The van der Waals surface area contributed by atoms with Crippen LogP contribution in [0.5, 0.6) is 17.4 Å². The molecule has 1 heterocycles. The topological polar surface area (TPSA) is 81.2 Å². The third-order valence-corrected chi connectivity index (χ3v) is 2.63. The predicted molar refractivity (Wildman–Crippen MR) is 71.2 cm³/mol. The first-order valence-corrected chi connectivity index (χ1v) is 5.62. The van der Waals surface area contributed by atoms with E-state index in [1.165, 1.54) is 7.11 Å². The van der Waals surface area contributed by atoms with E-state index in [0.717, 1.165) is 5.56 Å². The van der Waals surface area contributed by atoms with Crippen molar-refractivity contribution < 1.29 is 9.47 Å². The summed E-state index contributed by atoms with van der Waals surface area (Å²) in [6.45, 7) is 1.87. The molecular formula is C14H13N3O2. The van der Waals surface area contributed by atoms with Gasteiger partial charge in [0.1, 0.15) is 0 Å². The number of aromatic nitrogens is 1. The quantitative estimate of drug-likeness (QED) is 0.911. The second-order valence-corrected chi connectivity index (χ2v) is 3.96. The van der Waals surface area contributed by atoms with E-state index in [2.05, 4.69) is 4.98 Å². The van der Waals surface area contributed by atoms with E-state index in [4.69, 9.17) is 20.5 Å². The summed E-state index contributed by atoms with van der Waals surface area (Å²) in [5.41, 5.74) is 7.70. The summed E-state index contributed by atoms with van der Waals surface area (Å²) in [5.74, 6) is 1.41. The van der Waals surface area contributed by atoms with E-state index in [1.807, 2.05) is 13.0 Å². The van der Waals surface area contributed by atoms with E-state index in [1.54, 1.807) is 30.5 Å². The Kier molecular flexibility index (Phi) is 3.53. The van der Waals surface area contributed by atoms with Crippen LogP contribution >= 0.6 is 0 Å². The number of hydrogen-bond acceptors (Lipinski definition) is 5. The molecule has 1 aromatic heterocycles. The number of nitriles is 1. The van der Waals surface area contributed by atoms with Gasteiger partial charge in [0.2, 0.25) is 5.88 Å². The van der Waals surface area contributed by atoms with E-state index in [0.29, 0.717) is 28.6 Å². The fourth-order valence-electron chi connectivity index (χ4n) is 1.53. The molecule has 0 atom stereocenters. The first kappa shape index (κ1) is 12.7. The Bertz CT molecular complexity index is 648. The largest absolute Gasteiger partial charge is 0.493 e. The molecule has 0 amide bonds. The first-order valence-electron chi connectivity index (χ1n) is 5.62. The second kappa shape index (κ2) is 5.27. The monoisotopic (exact) mass is 255 g/mol. The molecule has 2 N–H and O–H groups in total. The molecule has 0 spiro atoms. The first-order chi connectivity index (χ1) is 9.13. The van der Waals surface area contributed by atoms with Crippen LogP contribution in [0.2, 0.25) is 0 Å². The van der Waals surface area contributed by atoms with Crippen molar-refractivity contribution >= 4 is 5.69 Å². The Labute approximate surface area is 111 Å². The van der Waals surface area contributed by atoms with E-state index in [-0.39, 0.29) is 0 Å². The van der Waals surface area contributed by atoms with Crippen LogP contribution in [0.4, 0.5) is 5.69 Å². The molecule has 0 aliphatic heterocycles. The third kappa shape index (κ3) is 2.75. The molecule has 0 saturated heterocycles.